The van der Waals surface area contributed by atoms with Gasteiger partial charge in [0, 0.05) is 11.2 Å². The Kier molecular flexibility index (Phi) is 6.47. The van der Waals surface area contributed by atoms with E-state index in [0.717, 1.165) is 11.3 Å². The van der Waals surface area contributed by atoms with Crippen molar-refractivity contribution in [1.82, 2.24) is 0 Å². The molecule has 3 rings (SSSR count). The molecule has 0 aliphatic rings. The third kappa shape index (κ3) is 5.84. The number of halogens is 2. The molecule has 4 nitrogen and oxygen atoms in total. The number of amides is 1. The second-order valence-electron chi connectivity index (χ2n) is 5.62. The molecule has 0 aromatic heterocycles. The lowest BCUT2D eigenvalue weighted by molar-refractivity contribution is -0.118. The molecule has 136 valence electrons. The van der Waals surface area contributed by atoms with Gasteiger partial charge in [0.25, 0.3) is 5.91 Å². The van der Waals surface area contributed by atoms with Crippen LogP contribution < -0.4 is 10.1 Å². The van der Waals surface area contributed by atoms with E-state index in [0.29, 0.717) is 21.5 Å². The first-order valence-electron chi connectivity index (χ1n) is 8.17. The maximum Gasteiger partial charge on any atom is 0.262 e. The van der Waals surface area contributed by atoms with E-state index in [2.05, 4.69) is 10.3 Å². The zero-order valence-electron chi connectivity index (χ0n) is 14.2. The minimum Gasteiger partial charge on any atom is -0.484 e. The average Bonchev–Trinajstić information content (AvgIpc) is 2.67. The number of benzene rings is 3. The third-order valence-corrected chi connectivity index (χ3v) is 4.13. The van der Waals surface area contributed by atoms with Gasteiger partial charge in [-0.25, -0.2) is 0 Å². The van der Waals surface area contributed by atoms with Gasteiger partial charge in [-0.05, 0) is 60.2 Å². The van der Waals surface area contributed by atoms with E-state index in [1.165, 1.54) is 0 Å². The highest BCUT2D eigenvalue weighted by atomic mass is 35.5. The standard InChI is InChI=1S/C21H16Cl2N2O2/c22-16-4-3-5-17(12-16)24-13-15-8-10-18(11-9-15)27-14-21(26)25-20-7-2-1-6-19(20)23/h1-13H,14H2,(H,25,26). The van der Waals surface area contributed by atoms with Crippen molar-refractivity contribution in [2.75, 3.05) is 11.9 Å². The van der Waals surface area contributed by atoms with Crippen molar-refractivity contribution in [2.45, 2.75) is 0 Å². The summed E-state index contributed by atoms with van der Waals surface area (Å²) in [4.78, 5) is 16.3. The summed E-state index contributed by atoms with van der Waals surface area (Å²) in [5, 5.41) is 3.83. The van der Waals surface area contributed by atoms with Crippen LogP contribution in [0.2, 0.25) is 10.0 Å². The highest BCUT2D eigenvalue weighted by Gasteiger charge is 2.06. The van der Waals surface area contributed by atoms with Gasteiger partial charge in [0.1, 0.15) is 5.75 Å². The minimum absolute atomic E-state index is 0.110. The van der Waals surface area contributed by atoms with Gasteiger partial charge in [-0.2, -0.15) is 0 Å². The van der Waals surface area contributed by atoms with Gasteiger partial charge in [-0.3, -0.25) is 9.79 Å². The molecule has 0 saturated carbocycles. The Labute approximate surface area is 167 Å². The normalized spacial score (nSPS) is 10.7. The summed E-state index contributed by atoms with van der Waals surface area (Å²) < 4.78 is 5.50. The molecule has 0 atom stereocenters. The Hall–Kier alpha value is -2.82. The molecule has 1 amide bonds. The van der Waals surface area contributed by atoms with Gasteiger partial charge in [0.05, 0.1) is 16.4 Å². The van der Waals surface area contributed by atoms with E-state index >= 15 is 0 Å². The fourth-order valence-corrected chi connectivity index (χ4v) is 2.62. The summed E-state index contributed by atoms with van der Waals surface area (Å²) in [5.41, 5.74) is 2.24. The lowest BCUT2D eigenvalue weighted by Gasteiger charge is -2.08. The molecule has 0 saturated heterocycles. The Balaban J connectivity index is 1.53. The van der Waals surface area contributed by atoms with Crippen molar-refractivity contribution in [1.29, 1.82) is 0 Å². The number of rotatable bonds is 6. The third-order valence-electron chi connectivity index (χ3n) is 3.57. The number of anilines is 1. The molecule has 0 aliphatic heterocycles. The fourth-order valence-electron chi connectivity index (χ4n) is 2.25. The largest absolute Gasteiger partial charge is 0.484 e. The molecular weight excluding hydrogens is 383 g/mol. The Bertz CT molecular complexity index is 956. The molecule has 1 N–H and O–H groups in total. The molecule has 0 unspecified atom stereocenters. The highest BCUT2D eigenvalue weighted by Crippen LogP contribution is 2.21. The lowest BCUT2D eigenvalue weighted by Crippen LogP contribution is -2.20. The lowest BCUT2D eigenvalue weighted by atomic mass is 10.2. The number of para-hydroxylation sites is 1. The zero-order chi connectivity index (χ0) is 19.1. The molecule has 0 spiro atoms. The van der Waals surface area contributed by atoms with Crippen LogP contribution in [-0.4, -0.2) is 18.7 Å². The van der Waals surface area contributed by atoms with Gasteiger partial charge >= 0.3 is 0 Å². The van der Waals surface area contributed by atoms with Gasteiger partial charge in [0.15, 0.2) is 6.61 Å². The van der Waals surface area contributed by atoms with Crippen molar-refractivity contribution in [2.24, 2.45) is 4.99 Å². The number of aliphatic imine (C=N–C) groups is 1. The molecule has 6 heteroatoms. The highest BCUT2D eigenvalue weighted by molar-refractivity contribution is 6.33. The number of hydrogen-bond acceptors (Lipinski definition) is 3. The molecule has 3 aromatic rings. The second-order valence-corrected chi connectivity index (χ2v) is 6.47. The summed E-state index contributed by atoms with van der Waals surface area (Å²) >= 11 is 11.9. The maximum atomic E-state index is 12.0. The predicted octanol–water partition coefficient (Wildman–Crippen LogP) is 5.76. The van der Waals surface area contributed by atoms with Crippen molar-refractivity contribution >= 4 is 46.7 Å². The van der Waals surface area contributed by atoms with Crippen LogP contribution in [0.1, 0.15) is 5.56 Å². The molecule has 0 heterocycles. The summed E-state index contributed by atoms with van der Waals surface area (Å²) in [5.74, 6) is 0.305. The van der Waals surface area contributed by atoms with Crippen LogP contribution in [0.4, 0.5) is 11.4 Å². The van der Waals surface area contributed by atoms with Crippen molar-refractivity contribution in [3.8, 4) is 5.75 Å². The minimum atomic E-state index is -0.283. The summed E-state index contributed by atoms with van der Waals surface area (Å²) in [7, 11) is 0. The quantitative estimate of drug-likeness (QED) is 0.536. The second kappa shape index (κ2) is 9.21. The zero-order valence-corrected chi connectivity index (χ0v) is 15.7. The smallest absolute Gasteiger partial charge is 0.262 e. The number of nitrogens with one attached hydrogen (secondary N) is 1. The number of nitrogens with zero attached hydrogens (tertiary/aromatic N) is 1. The maximum absolute atomic E-state index is 12.0. The van der Waals surface area contributed by atoms with Crippen molar-refractivity contribution < 1.29 is 9.53 Å². The van der Waals surface area contributed by atoms with Crippen molar-refractivity contribution in [3.63, 3.8) is 0 Å². The average molecular weight is 399 g/mol. The van der Waals surface area contributed by atoms with Crippen LogP contribution in [0.15, 0.2) is 77.8 Å². The van der Waals surface area contributed by atoms with Gasteiger partial charge in [0.2, 0.25) is 0 Å². The first-order valence-corrected chi connectivity index (χ1v) is 8.92. The monoisotopic (exact) mass is 398 g/mol. The molecule has 0 bridgehead atoms. The van der Waals surface area contributed by atoms with E-state index in [9.17, 15) is 4.79 Å². The van der Waals surface area contributed by atoms with Gasteiger partial charge < -0.3 is 10.1 Å². The van der Waals surface area contributed by atoms with E-state index < -0.39 is 0 Å². The molecule has 0 aliphatic carbocycles. The Morgan fingerprint density at radius 1 is 1.00 bits per heavy atom. The number of carbonyl (C=O) groups is 1. The van der Waals surface area contributed by atoms with Crippen LogP contribution in [0.3, 0.4) is 0 Å². The van der Waals surface area contributed by atoms with E-state index in [1.807, 2.05) is 24.3 Å². The molecule has 27 heavy (non-hydrogen) atoms. The molecule has 0 radical (unpaired) electrons. The van der Waals surface area contributed by atoms with Gasteiger partial charge in [-0.15, -0.1) is 0 Å². The Morgan fingerprint density at radius 2 is 1.78 bits per heavy atom. The van der Waals surface area contributed by atoms with Crippen LogP contribution in [-0.2, 0) is 4.79 Å². The van der Waals surface area contributed by atoms with Crippen LogP contribution in [0.5, 0.6) is 5.75 Å². The predicted molar refractivity (Wildman–Crippen MR) is 111 cm³/mol. The van der Waals surface area contributed by atoms with Crippen LogP contribution >= 0.6 is 23.2 Å². The fraction of sp³-hybridized carbons (Fsp3) is 0.0476. The number of ether oxygens (including phenoxy) is 1. The topological polar surface area (TPSA) is 50.7 Å². The van der Waals surface area contributed by atoms with E-state index in [4.69, 9.17) is 27.9 Å². The summed E-state index contributed by atoms with van der Waals surface area (Å²) in [6, 6.07) is 21.6. The summed E-state index contributed by atoms with van der Waals surface area (Å²) in [6.07, 6.45) is 1.74. The molecule has 0 fully saturated rings. The van der Waals surface area contributed by atoms with Gasteiger partial charge in [-0.1, -0.05) is 41.4 Å². The Morgan fingerprint density at radius 3 is 2.52 bits per heavy atom. The van der Waals surface area contributed by atoms with Crippen molar-refractivity contribution in [3.05, 3.63) is 88.4 Å². The summed E-state index contributed by atoms with van der Waals surface area (Å²) in [6.45, 7) is -0.110. The first-order chi connectivity index (χ1) is 13.1. The van der Waals surface area contributed by atoms with Crippen LogP contribution in [0.25, 0.3) is 0 Å². The number of carbonyl (C=O) groups excluding carboxylic acids is 1. The van der Waals surface area contributed by atoms with E-state index in [-0.39, 0.29) is 12.5 Å². The first kappa shape index (κ1) is 19.0. The molecule has 3 aromatic carbocycles. The SMILES string of the molecule is O=C(COc1ccc(C=Nc2cccc(Cl)c2)cc1)Nc1ccccc1Cl. The van der Waals surface area contributed by atoms with Crippen LogP contribution in [0, 0.1) is 0 Å². The number of hydrogen-bond donors (Lipinski definition) is 1. The molecular formula is C21H16Cl2N2O2. The van der Waals surface area contributed by atoms with E-state index in [1.54, 1.807) is 54.7 Å².